The smallest absolute Gasteiger partial charge is 0.314 e. The Bertz CT molecular complexity index is 654. The molecule has 0 radical (unpaired) electrons. The zero-order valence-corrected chi connectivity index (χ0v) is 12.0. The van der Waals surface area contributed by atoms with E-state index in [4.69, 9.17) is 4.74 Å². The van der Waals surface area contributed by atoms with Crippen molar-refractivity contribution in [1.29, 1.82) is 0 Å². The molecule has 0 heterocycles. The summed E-state index contributed by atoms with van der Waals surface area (Å²) in [6.45, 7) is 2.58. The molecule has 0 aromatic heterocycles. The SMILES string of the molecule is CCOc1ccccc1-c1ccc(C2(C(=O)O)CC2)cc1. The molecule has 1 saturated carbocycles. The first-order valence-corrected chi connectivity index (χ1v) is 7.23. The van der Waals surface area contributed by atoms with Crippen molar-refractivity contribution in [2.24, 2.45) is 0 Å². The third-order valence-electron chi connectivity index (χ3n) is 4.09. The lowest BCUT2D eigenvalue weighted by molar-refractivity contribution is -0.140. The number of benzene rings is 2. The molecule has 1 aliphatic rings. The van der Waals surface area contributed by atoms with E-state index in [1.54, 1.807) is 0 Å². The summed E-state index contributed by atoms with van der Waals surface area (Å²) in [5, 5.41) is 9.34. The summed E-state index contributed by atoms with van der Waals surface area (Å²) in [6, 6.07) is 15.7. The fourth-order valence-electron chi connectivity index (χ4n) is 2.71. The van der Waals surface area contributed by atoms with Gasteiger partial charge in [0, 0.05) is 5.56 Å². The van der Waals surface area contributed by atoms with E-state index in [0.717, 1.165) is 35.3 Å². The van der Waals surface area contributed by atoms with Crippen molar-refractivity contribution in [2.75, 3.05) is 6.61 Å². The van der Waals surface area contributed by atoms with E-state index >= 15 is 0 Å². The van der Waals surface area contributed by atoms with Crippen molar-refractivity contribution in [2.45, 2.75) is 25.2 Å². The molecule has 3 rings (SSSR count). The Hall–Kier alpha value is -2.29. The van der Waals surface area contributed by atoms with Gasteiger partial charge in [0.1, 0.15) is 5.75 Å². The normalized spacial score (nSPS) is 15.5. The Balaban J connectivity index is 1.93. The van der Waals surface area contributed by atoms with Gasteiger partial charge >= 0.3 is 5.97 Å². The van der Waals surface area contributed by atoms with Crippen LogP contribution in [-0.4, -0.2) is 17.7 Å². The van der Waals surface area contributed by atoms with Crippen LogP contribution in [0.1, 0.15) is 25.3 Å². The van der Waals surface area contributed by atoms with Gasteiger partial charge in [-0.05, 0) is 37.0 Å². The molecule has 0 unspecified atom stereocenters. The van der Waals surface area contributed by atoms with Gasteiger partial charge in [-0.2, -0.15) is 0 Å². The first kappa shape index (κ1) is 13.7. The Kier molecular flexibility index (Phi) is 3.42. The molecule has 21 heavy (non-hydrogen) atoms. The highest BCUT2D eigenvalue weighted by atomic mass is 16.5. The van der Waals surface area contributed by atoms with Crippen LogP contribution in [0, 0.1) is 0 Å². The molecule has 0 spiro atoms. The van der Waals surface area contributed by atoms with Crippen molar-refractivity contribution in [3.05, 3.63) is 54.1 Å². The Morgan fingerprint density at radius 2 is 1.81 bits per heavy atom. The average molecular weight is 282 g/mol. The van der Waals surface area contributed by atoms with Gasteiger partial charge in [-0.15, -0.1) is 0 Å². The van der Waals surface area contributed by atoms with Gasteiger partial charge in [0.15, 0.2) is 0 Å². The topological polar surface area (TPSA) is 46.5 Å². The summed E-state index contributed by atoms with van der Waals surface area (Å²) in [4.78, 5) is 11.4. The number of rotatable bonds is 5. The van der Waals surface area contributed by atoms with Crippen LogP contribution in [-0.2, 0) is 10.2 Å². The van der Waals surface area contributed by atoms with E-state index in [1.807, 2.05) is 55.5 Å². The molecule has 2 aromatic carbocycles. The van der Waals surface area contributed by atoms with Crippen LogP contribution < -0.4 is 4.74 Å². The predicted octanol–water partition coefficient (Wildman–Crippen LogP) is 3.87. The van der Waals surface area contributed by atoms with Gasteiger partial charge in [0.05, 0.1) is 12.0 Å². The molecule has 0 amide bonds. The lowest BCUT2D eigenvalue weighted by Crippen LogP contribution is -2.19. The first-order valence-electron chi connectivity index (χ1n) is 7.23. The lowest BCUT2D eigenvalue weighted by atomic mass is 9.93. The van der Waals surface area contributed by atoms with E-state index in [0.29, 0.717) is 6.61 Å². The highest BCUT2D eigenvalue weighted by Crippen LogP contribution is 2.48. The number of para-hydroxylation sites is 1. The third kappa shape index (κ3) is 2.40. The second kappa shape index (κ2) is 5.24. The Morgan fingerprint density at radius 3 is 2.38 bits per heavy atom. The van der Waals surface area contributed by atoms with Crippen molar-refractivity contribution in [3.63, 3.8) is 0 Å². The molecule has 1 N–H and O–H groups in total. The van der Waals surface area contributed by atoms with E-state index in [9.17, 15) is 9.90 Å². The summed E-state index contributed by atoms with van der Waals surface area (Å²) in [5.74, 6) is 0.136. The van der Waals surface area contributed by atoms with Gasteiger partial charge in [-0.25, -0.2) is 0 Å². The van der Waals surface area contributed by atoms with E-state index in [-0.39, 0.29) is 0 Å². The van der Waals surface area contributed by atoms with Crippen LogP contribution in [0.25, 0.3) is 11.1 Å². The maximum atomic E-state index is 11.4. The second-order valence-electron chi connectivity index (χ2n) is 5.39. The molecule has 0 atom stereocenters. The predicted molar refractivity (Wildman–Crippen MR) is 81.6 cm³/mol. The van der Waals surface area contributed by atoms with E-state index in [2.05, 4.69) is 0 Å². The third-order valence-corrected chi connectivity index (χ3v) is 4.09. The molecule has 108 valence electrons. The highest BCUT2D eigenvalue weighted by Gasteiger charge is 2.51. The van der Waals surface area contributed by atoms with Crippen molar-refractivity contribution < 1.29 is 14.6 Å². The molecule has 0 aliphatic heterocycles. The number of carbonyl (C=O) groups is 1. The van der Waals surface area contributed by atoms with Crippen LogP contribution in [0.5, 0.6) is 5.75 Å². The summed E-state index contributed by atoms with van der Waals surface area (Å²) in [5.41, 5.74) is 2.33. The molecule has 2 aromatic rings. The van der Waals surface area contributed by atoms with Gasteiger partial charge in [-0.1, -0.05) is 42.5 Å². The minimum absolute atomic E-state index is 0.622. The largest absolute Gasteiger partial charge is 0.493 e. The Morgan fingerprint density at radius 1 is 1.14 bits per heavy atom. The van der Waals surface area contributed by atoms with Crippen LogP contribution in [0.2, 0.25) is 0 Å². The van der Waals surface area contributed by atoms with E-state index in [1.165, 1.54) is 0 Å². The minimum Gasteiger partial charge on any atom is -0.493 e. The van der Waals surface area contributed by atoms with Crippen LogP contribution in [0.3, 0.4) is 0 Å². The molecular formula is C18H18O3. The number of carboxylic acids is 1. The van der Waals surface area contributed by atoms with E-state index < -0.39 is 11.4 Å². The van der Waals surface area contributed by atoms with Crippen molar-refractivity contribution in [1.82, 2.24) is 0 Å². The fraction of sp³-hybridized carbons (Fsp3) is 0.278. The van der Waals surface area contributed by atoms with Gasteiger partial charge in [-0.3, -0.25) is 4.79 Å². The van der Waals surface area contributed by atoms with Gasteiger partial charge < -0.3 is 9.84 Å². The molecule has 1 fully saturated rings. The molecule has 0 saturated heterocycles. The Labute approximate surface area is 124 Å². The average Bonchev–Trinajstić information content (AvgIpc) is 3.30. The summed E-state index contributed by atoms with van der Waals surface area (Å²) < 4.78 is 5.65. The first-order chi connectivity index (χ1) is 10.2. The summed E-state index contributed by atoms with van der Waals surface area (Å²) in [7, 11) is 0. The molecular weight excluding hydrogens is 264 g/mol. The lowest BCUT2D eigenvalue weighted by Gasteiger charge is -2.13. The summed E-state index contributed by atoms with van der Waals surface area (Å²) in [6.07, 6.45) is 1.47. The quantitative estimate of drug-likeness (QED) is 0.905. The zero-order chi connectivity index (χ0) is 14.9. The number of aliphatic carboxylic acids is 1. The standard InChI is InChI=1S/C18H18O3/c1-2-21-16-6-4-3-5-15(16)13-7-9-14(10-8-13)18(11-12-18)17(19)20/h3-10H,2,11-12H2,1H3,(H,19,20). The number of hydrogen-bond acceptors (Lipinski definition) is 2. The number of ether oxygens (including phenoxy) is 1. The van der Waals surface area contributed by atoms with Gasteiger partial charge in [0.2, 0.25) is 0 Å². The van der Waals surface area contributed by atoms with Crippen molar-refractivity contribution >= 4 is 5.97 Å². The zero-order valence-electron chi connectivity index (χ0n) is 12.0. The fourth-order valence-corrected chi connectivity index (χ4v) is 2.71. The van der Waals surface area contributed by atoms with Crippen LogP contribution >= 0.6 is 0 Å². The van der Waals surface area contributed by atoms with Gasteiger partial charge in [0.25, 0.3) is 0 Å². The number of hydrogen-bond donors (Lipinski definition) is 1. The maximum absolute atomic E-state index is 11.4. The second-order valence-corrected chi connectivity index (χ2v) is 5.39. The number of carboxylic acid groups (broad SMARTS) is 1. The molecule has 1 aliphatic carbocycles. The van der Waals surface area contributed by atoms with Crippen molar-refractivity contribution in [3.8, 4) is 16.9 Å². The molecule has 3 heteroatoms. The molecule has 3 nitrogen and oxygen atoms in total. The van der Waals surface area contributed by atoms with Crippen LogP contribution in [0.15, 0.2) is 48.5 Å². The molecule has 0 bridgehead atoms. The summed E-state index contributed by atoms with van der Waals surface area (Å²) >= 11 is 0. The highest BCUT2D eigenvalue weighted by molar-refractivity contribution is 5.85. The van der Waals surface area contributed by atoms with Crippen LogP contribution in [0.4, 0.5) is 0 Å². The monoisotopic (exact) mass is 282 g/mol. The minimum atomic E-state index is -0.718. The maximum Gasteiger partial charge on any atom is 0.314 e.